The summed E-state index contributed by atoms with van der Waals surface area (Å²) >= 11 is 6.11. The van der Waals surface area contributed by atoms with Crippen LogP contribution in [0.15, 0.2) is 77.7 Å². The van der Waals surface area contributed by atoms with Crippen LogP contribution in [0.4, 0.5) is 10.1 Å². The summed E-state index contributed by atoms with van der Waals surface area (Å²) in [7, 11) is -3.87. The van der Waals surface area contributed by atoms with Gasteiger partial charge in [-0.25, -0.2) is 12.8 Å². The summed E-state index contributed by atoms with van der Waals surface area (Å²) in [6.07, 6.45) is 0.992. The standard InChI is InChI=1S/C25H22ClFN2O4S/c26-19-8-13-23(22(15-19)24(30)17-5-2-1-3-6-17)28-25(31)18-7-4-14-29(16-18)34(32,33)21-11-9-20(27)10-12-21/h1-3,5-6,8-13,15,18H,4,7,14,16H2,(H,28,31)/t18-/m1/s1. The maximum atomic E-state index is 13.2. The highest BCUT2D eigenvalue weighted by molar-refractivity contribution is 7.89. The zero-order valence-electron chi connectivity index (χ0n) is 18.1. The average molecular weight is 501 g/mol. The number of halogens is 2. The molecule has 1 atom stereocenters. The molecule has 176 valence electrons. The van der Waals surface area contributed by atoms with E-state index in [1.165, 1.54) is 22.5 Å². The van der Waals surface area contributed by atoms with E-state index in [4.69, 9.17) is 11.6 Å². The molecule has 4 rings (SSSR count). The molecular formula is C25H22ClFN2O4S. The molecule has 1 heterocycles. The topological polar surface area (TPSA) is 83.6 Å². The van der Waals surface area contributed by atoms with Gasteiger partial charge in [0.25, 0.3) is 0 Å². The molecule has 1 saturated heterocycles. The summed E-state index contributed by atoms with van der Waals surface area (Å²) in [5.74, 6) is -1.82. The lowest BCUT2D eigenvalue weighted by molar-refractivity contribution is -0.120. The number of carbonyl (C=O) groups excluding carboxylic acids is 2. The van der Waals surface area contributed by atoms with Gasteiger partial charge in [-0.2, -0.15) is 4.31 Å². The number of hydrogen-bond donors (Lipinski definition) is 1. The van der Waals surface area contributed by atoms with E-state index < -0.39 is 21.8 Å². The lowest BCUT2D eigenvalue weighted by atomic mass is 9.97. The van der Waals surface area contributed by atoms with Gasteiger partial charge in [0.15, 0.2) is 5.78 Å². The van der Waals surface area contributed by atoms with E-state index in [0.717, 1.165) is 12.1 Å². The highest BCUT2D eigenvalue weighted by atomic mass is 35.5. The van der Waals surface area contributed by atoms with Crippen LogP contribution in [0.25, 0.3) is 0 Å². The number of ketones is 1. The first-order valence-corrected chi connectivity index (χ1v) is 12.5. The van der Waals surface area contributed by atoms with Crippen molar-refractivity contribution in [3.8, 4) is 0 Å². The van der Waals surface area contributed by atoms with E-state index in [1.54, 1.807) is 42.5 Å². The van der Waals surface area contributed by atoms with Crippen LogP contribution in [-0.2, 0) is 14.8 Å². The maximum absolute atomic E-state index is 13.2. The van der Waals surface area contributed by atoms with Crippen molar-refractivity contribution in [2.75, 3.05) is 18.4 Å². The highest BCUT2D eigenvalue weighted by Gasteiger charge is 2.33. The molecule has 0 spiro atoms. The molecule has 3 aromatic carbocycles. The largest absolute Gasteiger partial charge is 0.325 e. The lowest BCUT2D eigenvalue weighted by Gasteiger charge is -2.31. The average Bonchev–Trinajstić information content (AvgIpc) is 2.85. The number of anilines is 1. The van der Waals surface area contributed by atoms with Gasteiger partial charge in [0, 0.05) is 29.2 Å². The zero-order valence-corrected chi connectivity index (χ0v) is 19.7. The quantitative estimate of drug-likeness (QED) is 0.495. The minimum absolute atomic E-state index is 0.0128. The molecule has 0 radical (unpaired) electrons. The van der Waals surface area contributed by atoms with Crippen molar-refractivity contribution in [1.82, 2.24) is 4.31 Å². The number of carbonyl (C=O) groups is 2. The smallest absolute Gasteiger partial charge is 0.243 e. The number of amides is 1. The zero-order chi connectivity index (χ0) is 24.3. The van der Waals surface area contributed by atoms with Gasteiger partial charge >= 0.3 is 0 Å². The summed E-state index contributed by atoms with van der Waals surface area (Å²) in [4.78, 5) is 26.1. The maximum Gasteiger partial charge on any atom is 0.243 e. The monoisotopic (exact) mass is 500 g/mol. The van der Waals surface area contributed by atoms with Crippen LogP contribution in [-0.4, -0.2) is 37.5 Å². The van der Waals surface area contributed by atoms with Crippen LogP contribution in [0.3, 0.4) is 0 Å². The van der Waals surface area contributed by atoms with Crippen LogP contribution in [0.2, 0.25) is 5.02 Å². The molecule has 0 saturated carbocycles. The fourth-order valence-electron chi connectivity index (χ4n) is 3.92. The van der Waals surface area contributed by atoms with E-state index >= 15 is 0 Å². The molecule has 34 heavy (non-hydrogen) atoms. The minimum Gasteiger partial charge on any atom is -0.325 e. The minimum atomic E-state index is -3.87. The SMILES string of the molecule is O=C(c1ccccc1)c1cc(Cl)ccc1NC(=O)[C@@H]1CCCN(S(=O)(=O)c2ccc(F)cc2)C1. The lowest BCUT2D eigenvalue weighted by Crippen LogP contribution is -2.43. The summed E-state index contributed by atoms with van der Waals surface area (Å²) in [5.41, 5.74) is 1.01. The Hall–Kier alpha value is -3.07. The van der Waals surface area contributed by atoms with Crippen molar-refractivity contribution < 1.29 is 22.4 Å². The van der Waals surface area contributed by atoms with Crippen molar-refractivity contribution in [1.29, 1.82) is 0 Å². The Morgan fingerprint density at radius 3 is 2.41 bits per heavy atom. The molecule has 1 fully saturated rings. The van der Waals surface area contributed by atoms with Crippen LogP contribution < -0.4 is 5.32 Å². The molecule has 9 heteroatoms. The Bertz CT molecular complexity index is 1310. The summed E-state index contributed by atoms with van der Waals surface area (Å²) in [5, 5.41) is 3.14. The van der Waals surface area contributed by atoms with Gasteiger partial charge in [0.2, 0.25) is 15.9 Å². The molecule has 1 amide bonds. The Kier molecular flexibility index (Phi) is 7.11. The first-order valence-electron chi connectivity index (χ1n) is 10.7. The van der Waals surface area contributed by atoms with Gasteiger partial charge in [-0.15, -0.1) is 0 Å². The first kappa shape index (κ1) is 24.1. The molecule has 6 nitrogen and oxygen atoms in total. The number of sulfonamides is 1. The number of rotatable bonds is 6. The van der Waals surface area contributed by atoms with Crippen LogP contribution in [0.5, 0.6) is 0 Å². The van der Waals surface area contributed by atoms with Crippen molar-refractivity contribution >= 4 is 39.0 Å². The molecule has 1 aliphatic heterocycles. The van der Waals surface area contributed by atoms with Crippen molar-refractivity contribution in [3.63, 3.8) is 0 Å². The van der Waals surface area contributed by atoms with Crippen LogP contribution in [0.1, 0.15) is 28.8 Å². The molecule has 1 N–H and O–H groups in total. The van der Waals surface area contributed by atoms with Gasteiger partial charge in [-0.1, -0.05) is 41.9 Å². The second-order valence-corrected chi connectivity index (χ2v) is 10.4. The molecule has 0 bridgehead atoms. The third-order valence-corrected chi connectivity index (χ3v) is 7.84. The predicted octanol–water partition coefficient (Wildman–Crippen LogP) is 4.75. The Balaban J connectivity index is 1.53. The fraction of sp³-hybridized carbons (Fsp3) is 0.200. The van der Waals surface area contributed by atoms with Gasteiger partial charge < -0.3 is 5.32 Å². The molecule has 0 aliphatic carbocycles. The van der Waals surface area contributed by atoms with E-state index in [9.17, 15) is 22.4 Å². The third-order valence-electron chi connectivity index (χ3n) is 5.73. The van der Waals surface area contributed by atoms with E-state index in [1.807, 2.05) is 0 Å². The second-order valence-electron chi connectivity index (χ2n) is 8.03. The molecule has 3 aromatic rings. The van der Waals surface area contributed by atoms with E-state index in [2.05, 4.69) is 5.32 Å². The Labute approximate surface area is 202 Å². The third kappa shape index (κ3) is 5.19. The first-order chi connectivity index (χ1) is 16.3. The summed E-state index contributed by atoms with van der Waals surface area (Å²) < 4.78 is 40.4. The van der Waals surface area contributed by atoms with E-state index in [0.29, 0.717) is 29.1 Å². The fourth-order valence-corrected chi connectivity index (χ4v) is 5.62. The highest BCUT2D eigenvalue weighted by Crippen LogP contribution is 2.28. The Morgan fingerprint density at radius 1 is 1.00 bits per heavy atom. The summed E-state index contributed by atoms with van der Waals surface area (Å²) in [6, 6.07) is 17.9. The number of hydrogen-bond acceptors (Lipinski definition) is 4. The van der Waals surface area contributed by atoms with Crippen LogP contribution in [0, 0.1) is 11.7 Å². The molecule has 0 aromatic heterocycles. The second kappa shape index (κ2) is 10.0. The van der Waals surface area contributed by atoms with Crippen molar-refractivity contribution in [2.45, 2.75) is 17.7 Å². The normalized spacial score (nSPS) is 16.7. The van der Waals surface area contributed by atoms with Crippen molar-refractivity contribution in [2.24, 2.45) is 5.92 Å². The Morgan fingerprint density at radius 2 is 1.71 bits per heavy atom. The predicted molar refractivity (Wildman–Crippen MR) is 128 cm³/mol. The number of piperidine rings is 1. The van der Waals surface area contributed by atoms with Crippen molar-refractivity contribution in [3.05, 3.63) is 94.8 Å². The molecule has 0 unspecified atom stereocenters. The van der Waals surface area contributed by atoms with Gasteiger partial charge in [0.1, 0.15) is 5.82 Å². The number of nitrogens with zero attached hydrogens (tertiary/aromatic N) is 1. The number of benzene rings is 3. The van der Waals surface area contributed by atoms with E-state index in [-0.39, 0.29) is 35.2 Å². The molecule has 1 aliphatic rings. The van der Waals surface area contributed by atoms with Gasteiger partial charge in [0.05, 0.1) is 16.5 Å². The number of nitrogens with one attached hydrogen (secondary N) is 1. The molecular weight excluding hydrogens is 479 g/mol. The van der Waals surface area contributed by atoms with Crippen LogP contribution >= 0.6 is 11.6 Å². The van der Waals surface area contributed by atoms with Gasteiger partial charge in [-0.05, 0) is 55.3 Å². The summed E-state index contributed by atoms with van der Waals surface area (Å²) in [6.45, 7) is 0.253. The van der Waals surface area contributed by atoms with Gasteiger partial charge in [-0.3, -0.25) is 9.59 Å².